The lowest BCUT2D eigenvalue weighted by Crippen LogP contribution is -2.31. The summed E-state index contributed by atoms with van der Waals surface area (Å²) in [4.78, 5) is 32.1. The third kappa shape index (κ3) is 4.46. The van der Waals surface area contributed by atoms with Crippen LogP contribution in [0.3, 0.4) is 0 Å². The van der Waals surface area contributed by atoms with Gasteiger partial charge in [0.15, 0.2) is 11.5 Å². The minimum absolute atomic E-state index is 0.0802. The second kappa shape index (κ2) is 9.89. The molecule has 0 aliphatic carbocycles. The molecule has 1 fully saturated rings. The predicted molar refractivity (Wildman–Crippen MR) is 134 cm³/mol. The van der Waals surface area contributed by atoms with Gasteiger partial charge in [-0.05, 0) is 41.7 Å². The zero-order valence-corrected chi connectivity index (χ0v) is 20.4. The molecule has 1 aromatic heterocycles. The Labute approximate surface area is 209 Å². The number of aliphatic hydroxyl groups excluding tert-OH is 1. The normalized spacial score (nSPS) is 18.8. The van der Waals surface area contributed by atoms with Gasteiger partial charge in [-0.25, -0.2) is 4.98 Å². The van der Waals surface area contributed by atoms with Crippen LogP contribution in [0.2, 0.25) is 0 Å². The number of imidazole rings is 1. The molecule has 186 valence electrons. The van der Waals surface area contributed by atoms with E-state index < -0.39 is 17.7 Å². The second-order valence-electron chi connectivity index (χ2n) is 9.33. The van der Waals surface area contributed by atoms with Crippen LogP contribution in [0.1, 0.15) is 48.9 Å². The van der Waals surface area contributed by atoms with Gasteiger partial charge in [0, 0.05) is 31.0 Å². The number of Topliss-reactive ketones (excluding diaryl/α,β-unsaturated/α-hetero) is 1. The highest BCUT2D eigenvalue weighted by Gasteiger charge is 2.45. The summed E-state index contributed by atoms with van der Waals surface area (Å²) in [5.74, 6) is -0.101. The van der Waals surface area contributed by atoms with Gasteiger partial charge in [0.25, 0.3) is 11.7 Å². The number of amides is 1. The maximum Gasteiger partial charge on any atom is 0.295 e. The van der Waals surface area contributed by atoms with E-state index in [1.54, 1.807) is 35.6 Å². The van der Waals surface area contributed by atoms with Crippen molar-refractivity contribution in [2.45, 2.75) is 38.8 Å². The Morgan fingerprint density at radius 2 is 1.81 bits per heavy atom. The highest BCUT2D eigenvalue weighted by molar-refractivity contribution is 6.46. The lowest BCUT2D eigenvalue weighted by atomic mass is 9.93. The zero-order valence-electron chi connectivity index (χ0n) is 20.4. The molecule has 0 spiro atoms. The van der Waals surface area contributed by atoms with E-state index >= 15 is 0 Å². The monoisotopic (exact) mass is 487 g/mol. The number of ketones is 1. The van der Waals surface area contributed by atoms with E-state index in [0.29, 0.717) is 55.7 Å². The Bertz CT molecular complexity index is 1300. The molecule has 3 aromatic rings. The van der Waals surface area contributed by atoms with Gasteiger partial charge < -0.3 is 24.0 Å². The number of hydrogen-bond acceptors (Lipinski definition) is 6. The molecule has 1 N–H and O–H groups in total. The van der Waals surface area contributed by atoms with E-state index in [-0.39, 0.29) is 11.3 Å². The number of ether oxygens (including phenoxy) is 2. The number of carbonyl (C=O) groups excluding carboxylic acids is 2. The predicted octanol–water partition coefficient (Wildman–Crippen LogP) is 4.29. The first-order chi connectivity index (χ1) is 17.4. The van der Waals surface area contributed by atoms with E-state index in [1.807, 2.05) is 35.0 Å². The van der Waals surface area contributed by atoms with Gasteiger partial charge in [-0.15, -0.1) is 0 Å². The second-order valence-corrected chi connectivity index (χ2v) is 9.33. The number of carbonyl (C=O) groups is 2. The van der Waals surface area contributed by atoms with Crippen LogP contribution in [0.4, 0.5) is 0 Å². The Morgan fingerprint density at radius 1 is 1.06 bits per heavy atom. The van der Waals surface area contributed by atoms with E-state index in [9.17, 15) is 14.7 Å². The number of fused-ring (bicyclic) bond motifs is 1. The number of hydrogen-bond donors (Lipinski definition) is 1. The van der Waals surface area contributed by atoms with Gasteiger partial charge in [-0.3, -0.25) is 9.59 Å². The van der Waals surface area contributed by atoms with Gasteiger partial charge in [0.2, 0.25) is 0 Å². The van der Waals surface area contributed by atoms with Crippen molar-refractivity contribution in [2.75, 3.05) is 19.8 Å². The fraction of sp³-hybridized carbons (Fsp3) is 0.321. The maximum atomic E-state index is 13.3. The Kier molecular flexibility index (Phi) is 6.50. The molecule has 8 nitrogen and oxygen atoms in total. The van der Waals surface area contributed by atoms with Gasteiger partial charge >= 0.3 is 0 Å². The molecular formula is C28H29N3O5. The van der Waals surface area contributed by atoms with E-state index in [4.69, 9.17) is 9.47 Å². The van der Waals surface area contributed by atoms with Crippen molar-refractivity contribution >= 4 is 17.4 Å². The van der Waals surface area contributed by atoms with Crippen molar-refractivity contribution in [1.29, 1.82) is 0 Å². The molecule has 1 saturated heterocycles. The summed E-state index contributed by atoms with van der Waals surface area (Å²) in [6, 6.07) is 12.2. The third-order valence-electron chi connectivity index (χ3n) is 6.65. The summed E-state index contributed by atoms with van der Waals surface area (Å²) < 4.78 is 13.2. The first-order valence-corrected chi connectivity index (χ1v) is 12.2. The first kappa shape index (κ1) is 23.7. The smallest absolute Gasteiger partial charge is 0.295 e. The van der Waals surface area contributed by atoms with Gasteiger partial charge in [-0.1, -0.05) is 38.1 Å². The minimum atomic E-state index is -0.692. The van der Waals surface area contributed by atoms with E-state index in [0.717, 1.165) is 11.1 Å². The van der Waals surface area contributed by atoms with Crippen molar-refractivity contribution in [3.05, 3.63) is 83.4 Å². The van der Waals surface area contributed by atoms with Crippen LogP contribution in [0.25, 0.3) is 5.76 Å². The number of aromatic nitrogens is 2. The summed E-state index contributed by atoms with van der Waals surface area (Å²) in [5, 5.41) is 11.3. The fourth-order valence-corrected chi connectivity index (χ4v) is 4.71. The molecule has 1 atom stereocenters. The van der Waals surface area contributed by atoms with Crippen LogP contribution >= 0.6 is 0 Å². The fourth-order valence-electron chi connectivity index (χ4n) is 4.71. The van der Waals surface area contributed by atoms with Crippen molar-refractivity contribution in [3.8, 4) is 11.5 Å². The number of benzene rings is 2. The summed E-state index contributed by atoms with van der Waals surface area (Å²) in [5.41, 5.74) is 2.42. The van der Waals surface area contributed by atoms with Crippen LogP contribution in [0.15, 0.2) is 66.8 Å². The molecule has 5 rings (SSSR count). The Balaban J connectivity index is 1.53. The molecule has 8 heteroatoms. The summed E-state index contributed by atoms with van der Waals surface area (Å²) in [6.07, 6.45) is 5.92. The highest BCUT2D eigenvalue weighted by atomic mass is 16.6. The average Bonchev–Trinajstić information content (AvgIpc) is 3.50. The first-order valence-electron chi connectivity index (χ1n) is 12.2. The van der Waals surface area contributed by atoms with E-state index in [2.05, 4.69) is 18.8 Å². The number of aliphatic hydroxyl groups is 1. The SMILES string of the molecule is CC(C)c1ccc([C@H]2/C(=C(\O)c3ccc4c(c3)OCCO4)C(=O)C(=O)N2CCCn2ccnc2)cc1. The van der Waals surface area contributed by atoms with Crippen LogP contribution in [0, 0.1) is 0 Å². The largest absolute Gasteiger partial charge is 0.507 e. The standard InChI is InChI=1S/C28H29N3O5/c1-18(2)19-4-6-20(7-5-19)25-24(26(32)21-8-9-22-23(16-21)36-15-14-35-22)27(33)28(34)31(25)12-3-11-30-13-10-29-17-30/h4-10,13,16-18,25,32H,3,11-12,14-15H2,1-2H3/b26-24+/t25-/m0/s1. The third-order valence-corrected chi connectivity index (χ3v) is 6.65. The Morgan fingerprint density at radius 3 is 2.50 bits per heavy atom. The van der Waals surface area contributed by atoms with Crippen LogP contribution < -0.4 is 9.47 Å². The lowest BCUT2D eigenvalue weighted by molar-refractivity contribution is -0.139. The van der Waals surface area contributed by atoms with Crippen molar-refractivity contribution in [1.82, 2.24) is 14.5 Å². The molecule has 0 saturated carbocycles. The molecule has 0 unspecified atom stereocenters. The van der Waals surface area contributed by atoms with E-state index in [1.165, 1.54) is 0 Å². The number of likely N-dealkylation sites (tertiary alicyclic amines) is 1. The Hall–Kier alpha value is -4.07. The van der Waals surface area contributed by atoms with Crippen LogP contribution in [-0.4, -0.2) is 51.0 Å². The zero-order chi connectivity index (χ0) is 25.2. The molecule has 0 radical (unpaired) electrons. The van der Waals surface area contributed by atoms with Crippen LogP contribution in [-0.2, 0) is 16.1 Å². The van der Waals surface area contributed by atoms with Crippen molar-refractivity contribution in [3.63, 3.8) is 0 Å². The highest BCUT2D eigenvalue weighted by Crippen LogP contribution is 2.41. The molecule has 2 aliphatic heterocycles. The number of aryl methyl sites for hydroxylation is 1. The number of nitrogens with zero attached hydrogens (tertiary/aromatic N) is 3. The maximum absolute atomic E-state index is 13.3. The summed E-state index contributed by atoms with van der Waals surface area (Å²) in [6.45, 7) is 6.09. The molecule has 1 amide bonds. The number of rotatable bonds is 7. The van der Waals surface area contributed by atoms with Gasteiger partial charge in [0.1, 0.15) is 19.0 Å². The van der Waals surface area contributed by atoms with Gasteiger partial charge in [-0.2, -0.15) is 0 Å². The average molecular weight is 488 g/mol. The summed E-state index contributed by atoms with van der Waals surface area (Å²) in [7, 11) is 0. The molecular weight excluding hydrogens is 458 g/mol. The molecule has 3 heterocycles. The quantitative estimate of drug-likeness (QED) is 0.304. The van der Waals surface area contributed by atoms with Crippen LogP contribution in [0.5, 0.6) is 11.5 Å². The minimum Gasteiger partial charge on any atom is -0.507 e. The summed E-state index contributed by atoms with van der Waals surface area (Å²) >= 11 is 0. The molecule has 36 heavy (non-hydrogen) atoms. The van der Waals surface area contributed by atoms with Crippen molar-refractivity contribution < 1.29 is 24.2 Å². The molecule has 2 aliphatic rings. The lowest BCUT2D eigenvalue weighted by Gasteiger charge is -2.26. The van der Waals surface area contributed by atoms with Gasteiger partial charge in [0.05, 0.1) is 17.9 Å². The van der Waals surface area contributed by atoms with Crippen molar-refractivity contribution in [2.24, 2.45) is 0 Å². The molecule has 2 aromatic carbocycles. The topological polar surface area (TPSA) is 93.9 Å². The molecule has 0 bridgehead atoms.